The molecule has 4 saturated carbocycles. The van der Waals surface area contributed by atoms with Gasteiger partial charge in [0.2, 0.25) is 5.91 Å². The molecular weight excluding hydrogens is 771 g/mol. The maximum Gasteiger partial charge on any atom is 0.309 e. The summed E-state index contributed by atoms with van der Waals surface area (Å²) in [5, 5.41) is 22.1. The highest BCUT2D eigenvalue weighted by Gasteiger charge is 2.69. The summed E-state index contributed by atoms with van der Waals surface area (Å²) in [7, 11) is 0. The standard InChI is InChI=1S/C50H75N3O8/c1-30(2)41-42-32(43(44(41)57)35(54)28-53(31(3)34-13-11-12-22-51-34)29-39(55)52-23-25-60-26-24-52)16-20-49(9)33(42)14-15-37-48(8)19-18-38(61-40(56)27-46(4,5)45(58)59)47(6,7)36(48)17-21-50(37,49)10/h11-13,22,30-33,35-38,43,54H,14-21,23-29H2,1-10H3,(H,58,59)/t31-,32?,33+,35-,36-,37+,38-,43?,48-,49+,50+/m0/s1. The predicted octanol–water partition coefficient (Wildman–Crippen LogP) is 7.91. The number of Topliss-reactive ketones (excluding diaryl/α,β-unsaturated/α-hetero) is 1. The van der Waals surface area contributed by atoms with Crippen molar-refractivity contribution in [3.05, 3.63) is 41.2 Å². The van der Waals surface area contributed by atoms with Crippen LogP contribution in [0.4, 0.5) is 0 Å². The molecule has 1 aliphatic heterocycles. The third-order valence-corrected chi connectivity index (χ3v) is 18.1. The molecular formula is C50H75N3O8. The fourth-order valence-electron chi connectivity index (χ4n) is 14.5. The number of hydrogen-bond acceptors (Lipinski definition) is 9. The van der Waals surface area contributed by atoms with E-state index in [9.17, 15) is 29.4 Å². The number of carboxylic acid groups (broad SMARTS) is 1. The van der Waals surface area contributed by atoms with Crippen molar-refractivity contribution in [2.24, 2.45) is 62.6 Å². The summed E-state index contributed by atoms with van der Waals surface area (Å²) < 4.78 is 11.7. The minimum atomic E-state index is -1.18. The topological polar surface area (TPSA) is 147 Å². The van der Waals surface area contributed by atoms with Crippen molar-refractivity contribution in [2.75, 3.05) is 39.4 Å². The third kappa shape index (κ3) is 7.82. The SMILES string of the molecule is CC(C)C1=C2C(CC[C@]3(C)[C@@H]2CC[C@@H]2[C@@]4(C)CC[C@H](OC(=O)CC(C)(C)C(=O)O)C(C)(C)[C@@H]4CC[C@]23C)C([C@@H](O)CN(CC(=O)N2CCOCC2)[C@@H](C)c2ccccn2)C1=O. The first-order valence-corrected chi connectivity index (χ1v) is 23.5. The molecule has 11 nitrogen and oxygen atoms in total. The van der Waals surface area contributed by atoms with Crippen molar-refractivity contribution >= 4 is 23.6 Å². The van der Waals surface area contributed by atoms with Gasteiger partial charge in [-0.2, -0.15) is 0 Å². The number of carbonyl (C=O) groups is 4. The van der Waals surface area contributed by atoms with Gasteiger partial charge in [0.25, 0.3) is 0 Å². The summed E-state index contributed by atoms with van der Waals surface area (Å²) in [6.45, 7) is 24.0. The van der Waals surface area contributed by atoms with E-state index in [-0.39, 0.29) is 82.8 Å². The molecule has 2 N–H and O–H groups in total. The van der Waals surface area contributed by atoms with Crippen LogP contribution in [0.25, 0.3) is 0 Å². The minimum absolute atomic E-state index is 0.00256. The number of ether oxygens (including phenoxy) is 2. The molecule has 1 amide bonds. The maximum absolute atomic E-state index is 14.9. The van der Waals surface area contributed by atoms with Gasteiger partial charge in [0.15, 0.2) is 5.78 Å². The van der Waals surface area contributed by atoms with E-state index < -0.39 is 29.4 Å². The average Bonchev–Trinajstić information content (AvgIpc) is 3.51. The second kappa shape index (κ2) is 16.8. The first-order valence-electron chi connectivity index (χ1n) is 23.5. The highest BCUT2D eigenvalue weighted by molar-refractivity contribution is 6.02. The molecule has 0 aromatic carbocycles. The van der Waals surface area contributed by atoms with Crippen molar-refractivity contribution < 1.29 is 38.9 Å². The van der Waals surface area contributed by atoms with Crippen LogP contribution < -0.4 is 0 Å². The van der Waals surface area contributed by atoms with Crippen LogP contribution in [0.1, 0.15) is 139 Å². The summed E-state index contributed by atoms with van der Waals surface area (Å²) in [4.78, 5) is 62.1. The Hall–Kier alpha value is -3.15. The van der Waals surface area contributed by atoms with Gasteiger partial charge in [0.05, 0.1) is 49.3 Å². The number of amides is 1. The molecule has 11 atom stereocenters. The number of ketones is 1. The Morgan fingerprint density at radius 3 is 2.28 bits per heavy atom. The van der Waals surface area contributed by atoms with Crippen LogP contribution in [0, 0.1) is 62.6 Å². The molecule has 0 radical (unpaired) electrons. The highest BCUT2D eigenvalue weighted by Crippen LogP contribution is 2.76. The van der Waals surface area contributed by atoms with Crippen LogP contribution in [0.15, 0.2) is 35.5 Å². The number of morpholine rings is 1. The van der Waals surface area contributed by atoms with E-state index in [1.54, 1.807) is 20.0 Å². The van der Waals surface area contributed by atoms with Crippen LogP contribution in [-0.4, -0.2) is 100 Å². The van der Waals surface area contributed by atoms with Crippen molar-refractivity contribution in [3.63, 3.8) is 0 Å². The second-order valence-electron chi connectivity index (χ2n) is 22.3. The summed E-state index contributed by atoms with van der Waals surface area (Å²) in [6.07, 6.45) is 8.14. The Morgan fingerprint density at radius 1 is 0.951 bits per heavy atom. The number of fused-ring (bicyclic) bond motifs is 7. The number of aliphatic hydroxyl groups excluding tert-OH is 1. The molecule has 11 heteroatoms. The lowest BCUT2D eigenvalue weighted by Crippen LogP contribution is -2.65. The largest absolute Gasteiger partial charge is 0.481 e. The van der Waals surface area contributed by atoms with Crippen LogP contribution in [0.5, 0.6) is 0 Å². The second-order valence-corrected chi connectivity index (χ2v) is 22.3. The number of aliphatic hydroxyl groups is 1. The number of aromatic nitrogens is 1. The normalized spacial score (nSPS) is 35.8. The monoisotopic (exact) mass is 846 g/mol. The van der Waals surface area contributed by atoms with Crippen molar-refractivity contribution in [3.8, 4) is 0 Å². The van der Waals surface area contributed by atoms with Crippen LogP contribution >= 0.6 is 0 Å². The van der Waals surface area contributed by atoms with E-state index in [0.717, 1.165) is 62.6 Å². The molecule has 5 fully saturated rings. The fraction of sp³-hybridized carbons (Fsp3) is 0.780. The van der Waals surface area contributed by atoms with E-state index in [1.165, 1.54) is 5.57 Å². The Morgan fingerprint density at radius 2 is 1.64 bits per heavy atom. The number of esters is 1. The van der Waals surface area contributed by atoms with E-state index in [1.807, 2.05) is 34.9 Å². The van der Waals surface area contributed by atoms with Gasteiger partial charge in [-0.05, 0) is 136 Å². The molecule has 5 aliphatic carbocycles. The molecule has 0 spiro atoms. The number of allylic oxidation sites excluding steroid dienone is 2. The third-order valence-electron chi connectivity index (χ3n) is 18.1. The summed E-state index contributed by atoms with van der Waals surface area (Å²) in [6, 6.07) is 5.54. The lowest BCUT2D eigenvalue weighted by Gasteiger charge is -2.71. The molecule has 7 rings (SSSR count). The number of pyridine rings is 1. The zero-order chi connectivity index (χ0) is 44.4. The van der Waals surface area contributed by atoms with E-state index in [0.29, 0.717) is 38.1 Å². The smallest absolute Gasteiger partial charge is 0.309 e. The van der Waals surface area contributed by atoms with Gasteiger partial charge in [-0.25, -0.2) is 0 Å². The number of nitrogens with zero attached hydrogens (tertiary/aromatic N) is 3. The highest BCUT2D eigenvalue weighted by atomic mass is 16.5. The number of aliphatic carboxylic acids is 1. The number of rotatable bonds is 12. The van der Waals surface area contributed by atoms with Crippen molar-refractivity contribution in [1.82, 2.24) is 14.8 Å². The van der Waals surface area contributed by atoms with Gasteiger partial charge in [-0.1, -0.05) is 60.1 Å². The molecule has 338 valence electrons. The van der Waals surface area contributed by atoms with Crippen molar-refractivity contribution in [2.45, 2.75) is 145 Å². The van der Waals surface area contributed by atoms with Crippen LogP contribution in [-0.2, 0) is 28.7 Å². The van der Waals surface area contributed by atoms with Gasteiger partial charge < -0.3 is 24.6 Å². The van der Waals surface area contributed by atoms with Gasteiger partial charge >= 0.3 is 11.9 Å². The molecule has 2 unspecified atom stereocenters. The number of hydrogen-bond donors (Lipinski definition) is 2. The molecule has 6 aliphatic rings. The summed E-state index contributed by atoms with van der Waals surface area (Å²) >= 11 is 0. The average molecular weight is 846 g/mol. The van der Waals surface area contributed by atoms with E-state index in [2.05, 4.69) is 53.5 Å². The zero-order valence-corrected chi connectivity index (χ0v) is 38.8. The lowest BCUT2D eigenvalue weighted by molar-refractivity contribution is -0.232. The maximum atomic E-state index is 14.9. The minimum Gasteiger partial charge on any atom is -0.481 e. The van der Waals surface area contributed by atoms with Crippen LogP contribution in [0.2, 0.25) is 0 Å². The van der Waals surface area contributed by atoms with Gasteiger partial charge in [-0.15, -0.1) is 0 Å². The Balaban J connectivity index is 1.12. The first-order chi connectivity index (χ1) is 28.6. The molecule has 1 saturated heterocycles. The summed E-state index contributed by atoms with van der Waals surface area (Å²) in [5.41, 5.74) is 1.67. The van der Waals surface area contributed by atoms with E-state index in [4.69, 9.17) is 9.47 Å². The van der Waals surface area contributed by atoms with Crippen LogP contribution in [0.3, 0.4) is 0 Å². The first kappa shape index (κ1) is 45.9. The Bertz CT molecular complexity index is 1870. The Kier molecular flexibility index (Phi) is 12.6. The van der Waals surface area contributed by atoms with Gasteiger partial charge in [0.1, 0.15) is 6.10 Å². The van der Waals surface area contributed by atoms with Crippen molar-refractivity contribution in [1.29, 1.82) is 0 Å². The molecule has 1 aromatic rings. The van der Waals surface area contributed by atoms with Gasteiger partial charge in [0, 0.05) is 37.3 Å². The zero-order valence-electron chi connectivity index (χ0n) is 38.8. The molecule has 61 heavy (non-hydrogen) atoms. The van der Waals surface area contributed by atoms with E-state index >= 15 is 0 Å². The molecule has 1 aromatic heterocycles. The molecule has 2 heterocycles. The quantitative estimate of drug-likeness (QED) is 0.199. The van der Waals surface area contributed by atoms with Gasteiger partial charge in [-0.3, -0.25) is 29.1 Å². The fourth-order valence-corrected chi connectivity index (χ4v) is 14.5. The lowest BCUT2D eigenvalue weighted by atomic mass is 9.33. The number of carbonyl (C=O) groups excluding carboxylic acids is 3. The molecule has 0 bridgehead atoms. The Labute approximate surface area is 364 Å². The predicted molar refractivity (Wildman–Crippen MR) is 233 cm³/mol. The number of carboxylic acids is 1. The summed E-state index contributed by atoms with van der Waals surface area (Å²) in [5.74, 6) is -0.813.